The number of nitrogens with one attached hydrogen (secondary N) is 1. The van der Waals surface area contributed by atoms with Gasteiger partial charge in [0, 0.05) is 11.9 Å². The molecule has 0 atom stereocenters. The van der Waals surface area contributed by atoms with Gasteiger partial charge in [-0.2, -0.15) is 10.2 Å². The Morgan fingerprint density at radius 2 is 1.94 bits per heavy atom. The van der Waals surface area contributed by atoms with E-state index in [-0.39, 0.29) is 0 Å². The van der Waals surface area contributed by atoms with Crippen LogP contribution in [0.25, 0.3) is 10.9 Å². The maximum Gasteiger partial charge on any atom is 0.0950 e. The Hall–Kier alpha value is -1.64. The number of nitrogens with zero attached hydrogens (tertiary/aromatic N) is 2. The summed E-state index contributed by atoms with van der Waals surface area (Å²) in [7, 11) is 0. The van der Waals surface area contributed by atoms with Crippen LogP contribution in [0.2, 0.25) is 0 Å². The zero-order valence-electron chi connectivity index (χ0n) is 10.7. The van der Waals surface area contributed by atoms with Crippen molar-refractivity contribution in [3.63, 3.8) is 0 Å². The maximum atomic E-state index is 4.11. The summed E-state index contributed by atoms with van der Waals surface area (Å²) >= 11 is 0. The lowest BCUT2D eigenvalue weighted by atomic mass is 9.92. The first kappa shape index (κ1) is 11.8. The van der Waals surface area contributed by atoms with Gasteiger partial charge in [0.1, 0.15) is 0 Å². The van der Waals surface area contributed by atoms with Crippen LogP contribution < -0.4 is 5.32 Å². The highest BCUT2D eigenvalue weighted by atomic mass is 15.1. The van der Waals surface area contributed by atoms with Crippen LogP contribution in [0, 0.1) is 5.41 Å². The van der Waals surface area contributed by atoms with E-state index in [0.29, 0.717) is 5.41 Å². The third kappa shape index (κ3) is 3.16. The van der Waals surface area contributed by atoms with Gasteiger partial charge in [-0.15, -0.1) is 0 Å². The van der Waals surface area contributed by atoms with Gasteiger partial charge < -0.3 is 5.32 Å². The van der Waals surface area contributed by atoms with Gasteiger partial charge in [-0.1, -0.05) is 39.0 Å². The molecule has 0 amide bonds. The first-order valence-corrected chi connectivity index (χ1v) is 6.00. The van der Waals surface area contributed by atoms with Crippen LogP contribution in [-0.4, -0.2) is 16.7 Å². The van der Waals surface area contributed by atoms with Crippen LogP contribution in [0.5, 0.6) is 0 Å². The maximum absolute atomic E-state index is 4.11. The van der Waals surface area contributed by atoms with Gasteiger partial charge in [0.05, 0.1) is 17.4 Å². The van der Waals surface area contributed by atoms with Crippen LogP contribution in [0.3, 0.4) is 0 Å². The normalized spacial score (nSPS) is 11.7. The second kappa shape index (κ2) is 4.70. The fourth-order valence-corrected chi connectivity index (χ4v) is 1.72. The van der Waals surface area contributed by atoms with Crippen molar-refractivity contribution in [2.24, 2.45) is 5.41 Å². The second-order valence-electron chi connectivity index (χ2n) is 5.51. The first-order chi connectivity index (χ1) is 8.06. The number of hydrogen-bond donors (Lipinski definition) is 1. The van der Waals surface area contributed by atoms with Crippen molar-refractivity contribution in [1.29, 1.82) is 0 Å². The molecule has 3 nitrogen and oxygen atoms in total. The smallest absolute Gasteiger partial charge is 0.0950 e. The number of anilines is 1. The number of aromatic nitrogens is 2. The van der Waals surface area contributed by atoms with Crippen molar-refractivity contribution >= 4 is 16.6 Å². The second-order valence-corrected chi connectivity index (χ2v) is 5.51. The molecule has 1 heterocycles. The fourth-order valence-electron chi connectivity index (χ4n) is 1.72. The van der Waals surface area contributed by atoms with E-state index in [9.17, 15) is 0 Å². The molecule has 0 aliphatic rings. The SMILES string of the molecule is CC(C)(C)CCNc1cnnc2ccccc12. The van der Waals surface area contributed by atoms with Crippen molar-refractivity contribution in [1.82, 2.24) is 10.2 Å². The van der Waals surface area contributed by atoms with Gasteiger partial charge in [0.15, 0.2) is 0 Å². The van der Waals surface area contributed by atoms with Gasteiger partial charge >= 0.3 is 0 Å². The highest BCUT2D eigenvalue weighted by Gasteiger charge is 2.09. The summed E-state index contributed by atoms with van der Waals surface area (Å²) in [6.07, 6.45) is 2.93. The molecule has 0 unspecified atom stereocenters. The molecule has 2 aromatic rings. The van der Waals surface area contributed by atoms with Crippen molar-refractivity contribution in [2.75, 3.05) is 11.9 Å². The molecule has 17 heavy (non-hydrogen) atoms. The Kier molecular flexibility index (Phi) is 3.27. The van der Waals surface area contributed by atoms with E-state index in [1.807, 2.05) is 18.2 Å². The van der Waals surface area contributed by atoms with Crippen molar-refractivity contribution in [2.45, 2.75) is 27.2 Å². The van der Waals surface area contributed by atoms with E-state index in [0.717, 1.165) is 29.6 Å². The Morgan fingerprint density at radius 3 is 2.71 bits per heavy atom. The average molecular weight is 229 g/mol. The van der Waals surface area contributed by atoms with E-state index in [2.05, 4.69) is 42.4 Å². The average Bonchev–Trinajstić information content (AvgIpc) is 2.28. The third-order valence-electron chi connectivity index (χ3n) is 2.74. The lowest BCUT2D eigenvalue weighted by Gasteiger charge is -2.18. The number of fused-ring (bicyclic) bond motifs is 1. The minimum Gasteiger partial charge on any atom is -0.383 e. The van der Waals surface area contributed by atoms with E-state index >= 15 is 0 Å². The molecule has 0 fully saturated rings. The summed E-state index contributed by atoms with van der Waals surface area (Å²) in [6, 6.07) is 8.07. The van der Waals surface area contributed by atoms with Crippen molar-refractivity contribution in [3.8, 4) is 0 Å². The minimum atomic E-state index is 0.350. The Bertz CT molecular complexity index is 495. The summed E-state index contributed by atoms with van der Waals surface area (Å²) in [4.78, 5) is 0. The van der Waals surface area contributed by atoms with Gasteiger partial charge in [-0.05, 0) is 17.9 Å². The Balaban J connectivity index is 2.13. The van der Waals surface area contributed by atoms with E-state index < -0.39 is 0 Å². The highest BCUT2D eigenvalue weighted by molar-refractivity contribution is 5.90. The van der Waals surface area contributed by atoms with Crippen molar-refractivity contribution in [3.05, 3.63) is 30.5 Å². The van der Waals surface area contributed by atoms with Crippen molar-refractivity contribution < 1.29 is 0 Å². The molecular formula is C14H19N3. The molecule has 0 aliphatic heterocycles. The highest BCUT2D eigenvalue weighted by Crippen LogP contribution is 2.22. The largest absolute Gasteiger partial charge is 0.383 e. The summed E-state index contributed by atoms with van der Waals surface area (Å²) in [6.45, 7) is 7.70. The zero-order chi connectivity index (χ0) is 12.3. The lowest BCUT2D eigenvalue weighted by molar-refractivity contribution is 0.390. The molecule has 1 aromatic heterocycles. The Labute approximate surface area is 102 Å². The molecule has 90 valence electrons. The van der Waals surface area contributed by atoms with E-state index in [1.165, 1.54) is 0 Å². The summed E-state index contributed by atoms with van der Waals surface area (Å²) in [5.41, 5.74) is 2.36. The molecule has 2 rings (SSSR count). The van der Waals surface area contributed by atoms with Crippen LogP contribution in [0.4, 0.5) is 5.69 Å². The fraction of sp³-hybridized carbons (Fsp3) is 0.429. The van der Waals surface area contributed by atoms with Crippen LogP contribution >= 0.6 is 0 Å². The predicted molar refractivity (Wildman–Crippen MR) is 72.1 cm³/mol. The Morgan fingerprint density at radius 1 is 1.18 bits per heavy atom. The quantitative estimate of drug-likeness (QED) is 0.875. The van der Waals surface area contributed by atoms with Gasteiger partial charge in [-0.3, -0.25) is 0 Å². The molecule has 1 N–H and O–H groups in total. The lowest BCUT2D eigenvalue weighted by Crippen LogP contribution is -2.13. The summed E-state index contributed by atoms with van der Waals surface area (Å²) < 4.78 is 0. The van der Waals surface area contributed by atoms with Crippen LogP contribution in [0.15, 0.2) is 30.5 Å². The van der Waals surface area contributed by atoms with Gasteiger partial charge in [0.25, 0.3) is 0 Å². The topological polar surface area (TPSA) is 37.8 Å². The molecule has 0 saturated heterocycles. The van der Waals surface area contributed by atoms with E-state index in [1.54, 1.807) is 6.20 Å². The summed E-state index contributed by atoms with van der Waals surface area (Å²) in [5.74, 6) is 0. The molecule has 0 bridgehead atoms. The molecule has 0 radical (unpaired) electrons. The number of benzene rings is 1. The molecule has 3 heteroatoms. The third-order valence-corrected chi connectivity index (χ3v) is 2.74. The monoisotopic (exact) mass is 229 g/mol. The van der Waals surface area contributed by atoms with E-state index in [4.69, 9.17) is 0 Å². The zero-order valence-corrected chi connectivity index (χ0v) is 10.7. The van der Waals surface area contributed by atoms with Gasteiger partial charge in [-0.25, -0.2) is 0 Å². The molecule has 1 aromatic carbocycles. The van der Waals surface area contributed by atoms with Crippen LogP contribution in [-0.2, 0) is 0 Å². The van der Waals surface area contributed by atoms with Gasteiger partial charge in [0.2, 0.25) is 0 Å². The minimum absolute atomic E-state index is 0.350. The molecule has 0 spiro atoms. The molecular weight excluding hydrogens is 210 g/mol. The van der Waals surface area contributed by atoms with Crippen LogP contribution in [0.1, 0.15) is 27.2 Å². The number of rotatable bonds is 3. The molecule has 0 saturated carbocycles. The number of hydrogen-bond acceptors (Lipinski definition) is 3. The molecule has 0 aliphatic carbocycles. The first-order valence-electron chi connectivity index (χ1n) is 6.00. The standard InChI is InChI=1S/C14H19N3/c1-14(2,3)8-9-15-13-10-16-17-12-7-5-4-6-11(12)13/h4-7,10H,8-9H2,1-3H3,(H,15,17). The summed E-state index contributed by atoms with van der Waals surface area (Å²) in [5, 5.41) is 12.7. The predicted octanol–water partition coefficient (Wildman–Crippen LogP) is 3.48.